The van der Waals surface area contributed by atoms with E-state index in [-0.39, 0.29) is 11.7 Å². The summed E-state index contributed by atoms with van der Waals surface area (Å²) in [5.74, 6) is -0.198. The number of hydrogen-bond acceptors (Lipinski definition) is 4. The Hall–Kier alpha value is -2.54. The van der Waals surface area contributed by atoms with E-state index in [0.717, 1.165) is 46.9 Å². The molecule has 0 radical (unpaired) electrons. The molecule has 5 nitrogen and oxygen atoms in total. The summed E-state index contributed by atoms with van der Waals surface area (Å²) in [5, 5.41) is 10.3. The van der Waals surface area contributed by atoms with Crippen LogP contribution in [0, 0.1) is 5.82 Å². The van der Waals surface area contributed by atoms with Crippen LogP contribution in [0.15, 0.2) is 35.7 Å². The fraction of sp³-hybridized carbons (Fsp3) is 0.350. The Labute approximate surface area is 162 Å². The zero-order valence-corrected chi connectivity index (χ0v) is 16.4. The lowest BCUT2D eigenvalue weighted by molar-refractivity contribution is -0.129. The summed E-state index contributed by atoms with van der Waals surface area (Å²) < 4.78 is 13.3. The molecule has 7 heteroatoms. The van der Waals surface area contributed by atoms with Crippen LogP contribution >= 0.6 is 11.3 Å². The molecule has 3 aromatic rings. The molecule has 0 aliphatic rings. The van der Waals surface area contributed by atoms with Gasteiger partial charge in [0.15, 0.2) is 0 Å². The van der Waals surface area contributed by atoms with Crippen molar-refractivity contribution in [3.05, 3.63) is 57.9 Å². The average molecular weight is 386 g/mol. The molecular weight excluding hydrogens is 363 g/mol. The van der Waals surface area contributed by atoms with Gasteiger partial charge in [0.1, 0.15) is 5.82 Å². The van der Waals surface area contributed by atoms with E-state index in [1.165, 1.54) is 12.1 Å². The van der Waals surface area contributed by atoms with Crippen LogP contribution in [0.25, 0.3) is 11.3 Å². The van der Waals surface area contributed by atoms with Crippen molar-refractivity contribution in [2.45, 2.75) is 32.6 Å². The number of halogens is 1. The number of amides is 1. The van der Waals surface area contributed by atoms with Gasteiger partial charge in [-0.25, -0.2) is 9.37 Å². The summed E-state index contributed by atoms with van der Waals surface area (Å²) in [5.41, 5.74) is 3.30. The first-order valence-corrected chi connectivity index (χ1v) is 9.90. The molecule has 0 aliphatic carbocycles. The van der Waals surface area contributed by atoms with Gasteiger partial charge < -0.3 is 4.90 Å². The van der Waals surface area contributed by atoms with Gasteiger partial charge in [-0.3, -0.25) is 9.89 Å². The zero-order chi connectivity index (χ0) is 19.2. The van der Waals surface area contributed by atoms with Gasteiger partial charge in [0.05, 0.1) is 22.8 Å². The van der Waals surface area contributed by atoms with Gasteiger partial charge in [-0.05, 0) is 37.5 Å². The topological polar surface area (TPSA) is 61.9 Å². The van der Waals surface area contributed by atoms with E-state index in [4.69, 9.17) is 0 Å². The monoisotopic (exact) mass is 386 g/mol. The first kappa shape index (κ1) is 19.2. The van der Waals surface area contributed by atoms with Crippen molar-refractivity contribution in [3.8, 4) is 11.3 Å². The number of aromatic amines is 1. The van der Waals surface area contributed by atoms with Crippen molar-refractivity contribution in [3.63, 3.8) is 0 Å². The second-order valence-corrected chi connectivity index (χ2v) is 7.41. The maximum absolute atomic E-state index is 13.3. The summed E-state index contributed by atoms with van der Waals surface area (Å²) in [6, 6.07) is 8.31. The van der Waals surface area contributed by atoms with Gasteiger partial charge in [0.2, 0.25) is 5.91 Å². The number of thiazole rings is 1. The Bertz CT molecular complexity index is 905. The first-order valence-electron chi connectivity index (χ1n) is 9.02. The number of hydrogen-bond donors (Lipinski definition) is 1. The van der Waals surface area contributed by atoms with Crippen molar-refractivity contribution < 1.29 is 9.18 Å². The predicted octanol–water partition coefficient (Wildman–Crippen LogP) is 3.87. The summed E-state index contributed by atoms with van der Waals surface area (Å²) in [6.07, 6.45) is 2.85. The highest BCUT2D eigenvalue weighted by Gasteiger charge is 2.12. The molecule has 0 aliphatic heterocycles. The Morgan fingerprint density at radius 1 is 1.33 bits per heavy atom. The van der Waals surface area contributed by atoms with E-state index >= 15 is 0 Å². The largest absolute Gasteiger partial charge is 0.345 e. The number of carbonyl (C=O) groups is 1. The van der Waals surface area contributed by atoms with Crippen molar-refractivity contribution in [1.29, 1.82) is 0 Å². The van der Waals surface area contributed by atoms with Crippen molar-refractivity contribution in [2.75, 3.05) is 13.6 Å². The highest BCUT2D eigenvalue weighted by atomic mass is 32.1. The Morgan fingerprint density at radius 3 is 2.93 bits per heavy atom. The lowest BCUT2D eigenvalue weighted by Crippen LogP contribution is -2.29. The van der Waals surface area contributed by atoms with Crippen molar-refractivity contribution in [1.82, 2.24) is 20.1 Å². The van der Waals surface area contributed by atoms with Gasteiger partial charge in [-0.1, -0.05) is 19.1 Å². The number of likely N-dealkylation sites (N-methyl/N-ethyl adjacent to an activating group) is 1. The smallest absolute Gasteiger partial charge is 0.228 e. The second-order valence-electron chi connectivity index (χ2n) is 6.47. The Kier molecular flexibility index (Phi) is 6.34. The highest BCUT2D eigenvalue weighted by Crippen LogP contribution is 2.19. The molecule has 0 bridgehead atoms. The molecule has 0 saturated carbocycles. The highest BCUT2D eigenvalue weighted by molar-refractivity contribution is 7.09. The van der Waals surface area contributed by atoms with Crippen LogP contribution in [-0.2, 0) is 24.1 Å². The maximum Gasteiger partial charge on any atom is 0.228 e. The number of nitrogens with one attached hydrogen (secondary N) is 1. The van der Waals surface area contributed by atoms with Crippen LogP contribution < -0.4 is 0 Å². The molecule has 1 amide bonds. The van der Waals surface area contributed by atoms with Gasteiger partial charge in [-0.2, -0.15) is 5.10 Å². The number of aromatic nitrogens is 3. The Balaban J connectivity index is 1.47. The molecule has 2 heterocycles. The number of H-pyrrole nitrogens is 1. The quantitative estimate of drug-likeness (QED) is 0.639. The van der Waals surface area contributed by atoms with E-state index in [1.54, 1.807) is 22.3 Å². The van der Waals surface area contributed by atoms with Crippen LogP contribution in [0.1, 0.15) is 29.7 Å². The number of rotatable bonds is 8. The van der Waals surface area contributed by atoms with Crippen LogP contribution in [-0.4, -0.2) is 39.6 Å². The minimum absolute atomic E-state index is 0.0769. The third kappa shape index (κ3) is 5.23. The third-order valence-electron chi connectivity index (χ3n) is 4.35. The molecular formula is C20H23FN4OS. The third-order valence-corrected chi connectivity index (χ3v) is 5.39. The Morgan fingerprint density at radius 2 is 2.19 bits per heavy atom. The minimum atomic E-state index is -0.275. The molecule has 0 saturated heterocycles. The standard InChI is InChI=1S/C20H23FN4OS/c1-3-19-22-17(13-27-19)12-20(26)25(2)9-5-8-16-11-18(24-23-16)14-6-4-7-15(21)10-14/h4,6-7,10-11,13H,3,5,8-9,12H2,1-2H3,(H,23,24). The van der Waals surface area contributed by atoms with Crippen LogP contribution in [0.5, 0.6) is 0 Å². The molecule has 27 heavy (non-hydrogen) atoms. The van der Waals surface area contributed by atoms with Gasteiger partial charge in [-0.15, -0.1) is 11.3 Å². The van der Waals surface area contributed by atoms with Crippen LogP contribution in [0.4, 0.5) is 4.39 Å². The molecule has 142 valence electrons. The summed E-state index contributed by atoms with van der Waals surface area (Å²) in [4.78, 5) is 18.5. The van der Waals surface area contributed by atoms with E-state index in [2.05, 4.69) is 22.1 Å². The number of carbonyl (C=O) groups excluding carboxylic acids is 1. The summed E-state index contributed by atoms with van der Waals surface area (Å²) >= 11 is 1.60. The van der Waals surface area contributed by atoms with Gasteiger partial charge in [0, 0.05) is 30.2 Å². The zero-order valence-electron chi connectivity index (χ0n) is 15.5. The minimum Gasteiger partial charge on any atom is -0.345 e. The van der Waals surface area contributed by atoms with E-state index in [0.29, 0.717) is 13.0 Å². The second kappa shape index (κ2) is 8.90. The molecule has 2 aromatic heterocycles. The number of benzene rings is 1. The average Bonchev–Trinajstić information content (AvgIpc) is 3.31. The lowest BCUT2D eigenvalue weighted by Gasteiger charge is -2.16. The maximum atomic E-state index is 13.3. The fourth-order valence-corrected chi connectivity index (χ4v) is 3.54. The van der Waals surface area contributed by atoms with E-state index < -0.39 is 0 Å². The number of nitrogens with zero attached hydrogens (tertiary/aromatic N) is 3. The van der Waals surface area contributed by atoms with E-state index in [9.17, 15) is 9.18 Å². The summed E-state index contributed by atoms with van der Waals surface area (Å²) in [6.45, 7) is 2.73. The SMILES string of the molecule is CCc1nc(CC(=O)N(C)CCCc2cc(-c3cccc(F)c3)n[nH]2)cs1. The van der Waals surface area contributed by atoms with E-state index in [1.807, 2.05) is 24.6 Å². The molecule has 0 spiro atoms. The predicted molar refractivity (Wildman–Crippen MR) is 105 cm³/mol. The summed E-state index contributed by atoms with van der Waals surface area (Å²) in [7, 11) is 1.82. The molecule has 3 rings (SSSR count). The van der Waals surface area contributed by atoms with Crippen molar-refractivity contribution in [2.24, 2.45) is 0 Å². The van der Waals surface area contributed by atoms with Crippen LogP contribution in [0.3, 0.4) is 0 Å². The van der Waals surface area contributed by atoms with Gasteiger partial charge >= 0.3 is 0 Å². The molecule has 0 atom stereocenters. The molecule has 0 unspecified atom stereocenters. The van der Waals surface area contributed by atoms with Gasteiger partial charge in [0.25, 0.3) is 0 Å². The van der Waals surface area contributed by atoms with Crippen LogP contribution in [0.2, 0.25) is 0 Å². The lowest BCUT2D eigenvalue weighted by atomic mass is 10.1. The number of aryl methyl sites for hydroxylation is 2. The first-order chi connectivity index (χ1) is 13.0. The normalized spacial score (nSPS) is 10.9. The van der Waals surface area contributed by atoms with Crippen molar-refractivity contribution >= 4 is 17.2 Å². The molecule has 1 N–H and O–H groups in total. The molecule has 1 aromatic carbocycles. The molecule has 0 fully saturated rings. The fourth-order valence-electron chi connectivity index (χ4n) is 2.80.